The number of carbonyl (C=O) groups excluding carboxylic acids is 1. The molecule has 1 saturated heterocycles. The quantitative estimate of drug-likeness (QED) is 0.758. The van der Waals surface area contributed by atoms with Crippen molar-refractivity contribution in [2.45, 2.75) is 24.3 Å². The third-order valence-electron chi connectivity index (χ3n) is 3.41. The van der Waals surface area contributed by atoms with Crippen molar-refractivity contribution in [1.82, 2.24) is 10.5 Å². The Morgan fingerprint density at radius 3 is 2.58 bits per heavy atom. The number of likely N-dealkylation sites (N-methyl/N-ethyl adjacent to an activating group) is 1. The topological polar surface area (TPSA) is 72.9 Å². The van der Waals surface area contributed by atoms with E-state index in [1.165, 1.54) is 7.05 Å². The van der Waals surface area contributed by atoms with Gasteiger partial charge in [0.1, 0.15) is 11.2 Å². The van der Waals surface area contributed by atoms with E-state index < -0.39 is 35.5 Å². The van der Waals surface area contributed by atoms with Crippen LogP contribution < -0.4 is 10.5 Å². The molecule has 2 rings (SSSR count). The molecule has 2 atom stereocenters. The van der Waals surface area contributed by atoms with Crippen LogP contribution in [0.1, 0.15) is 5.56 Å². The second-order valence-corrected chi connectivity index (χ2v) is 6.00. The summed E-state index contributed by atoms with van der Waals surface area (Å²) >= 11 is 11.5. The lowest BCUT2D eigenvalue weighted by molar-refractivity contribution is -0.136. The van der Waals surface area contributed by atoms with Crippen LogP contribution in [0, 0.1) is 5.82 Å². The van der Waals surface area contributed by atoms with Crippen molar-refractivity contribution in [2.75, 3.05) is 12.1 Å². The van der Waals surface area contributed by atoms with Gasteiger partial charge in [-0.1, -0.05) is 11.6 Å². The van der Waals surface area contributed by atoms with Gasteiger partial charge in [-0.3, -0.25) is 9.59 Å². The fourth-order valence-electron chi connectivity index (χ4n) is 2.21. The van der Waals surface area contributed by atoms with Crippen LogP contribution in [0.15, 0.2) is 12.1 Å². The molecular weight excluding hydrogens is 374 g/mol. The molecule has 0 bridgehead atoms. The highest BCUT2D eigenvalue weighted by Gasteiger charge is 2.44. The second-order valence-electron chi connectivity index (χ2n) is 5.07. The summed E-state index contributed by atoms with van der Waals surface area (Å²) < 4.78 is 39.9. The summed E-state index contributed by atoms with van der Waals surface area (Å²) in [5, 5.41) is 8.89. The van der Waals surface area contributed by atoms with E-state index in [0.29, 0.717) is 5.01 Å². The number of alkyl halides is 3. The van der Waals surface area contributed by atoms with Crippen molar-refractivity contribution in [2.24, 2.45) is 0 Å². The third-order valence-corrected chi connectivity index (χ3v) is 4.10. The molecule has 1 fully saturated rings. The van der Waals surface area contributed by atoms with E-state index in [0.717, 1.165) is 17.1 Å². The molecule has 11 heteroatoms. The van der Waals surface area contributed by atoms with E-state index in [-0.39, 0.29) is 22.7 Å². The van der Waals surface area contributed by atoms with Gasteiger partial charge in [0.15, 0.2) is 6.04 Å². The predicted octanol–water partition coefficient (Wildman–Crippen LogP) is 2.05. The molecule has 1 unspecified atom stereocenters. The highest BCUT2D eigenvalue weighted by atomic mass is 35.5. The van der Waals surface area contributed by atoms with Crippen LogP contribution in [-0.4, -0.2) is 46.9 Å². The van der Waals surface area contributed by atoms with Crippen molar-refractivity contribution in [3.8, 4) is 0 Å². The van der Waals surface area contributed by atoms with E-state index in [1.54, 1.807) is 0 Å². The van der Waals surface area contributed by atoms with E-state index in [1.807, 2.05) is 0 Å². The number of nitrogens with one attached hydrogen (secondary N) is 1. The lowest BCUT2D eigenvalue weighted by Crippen LogP contribution is -2.40. The van der Waals surface area contributed by atoms with Gasteiger partial charge >= 0.3 is 5.97 Å². The van der Waals surface area contributed by atoms with Gasteiger partial charge in [0.05, 0.1) is 5.69 Å². The molecule has 0 aliphatic carbocycles. The Kier molecular flexibility index (Phi) is 5.59. The van der Waals surface area contributed by atoms with E-state index >= 15 is 0 Å². The second kappa shape index (κ2) is 7.14. The number of hydrogen-bond acceptors (Lipinski definition) is 4. The Hall–Kier alpha value is -1.55. The molecule has 0 saturated carbocycles. The van der Waals surface area contributed by atoms with Crippen molar-refractivity contribution >= 4 is 40.8 Å². The molecular formula is C13H12Cl2F3N3O3. The smallest absolute Gasteiger partial charge is 0.321 e. The number of rotatable bonds is 5. The van der Waals surface area contributed by atoms with Crippen LogP contribution in [-0.2, 0) is 16.0 Å². The minimum Gasteiger partial charge on any atom is -0.480 e. The number of hydrazine groups is 2. The highest BCUT2D eigenvalue weighted by Crippen LogP contribution is 2.30. The van der Waals surface area contributed by atoms with Crippen molar-refractivity contribution in [3.05, 3.63) is 28.5 Å². The van der Waals surface area contributed by atoms with Gasteiger partial charge in [-0.05, 0) is 17.7 Å². The number of anilines is 1. The van der Waals surface area contributed by atoms with Gasteiger partial charge in [-0.15, -0.1) is 11.6 Å². The normalized spacial score (nSPS) is 20.0. The van der Waals surface area contributed by atoms with Gasteiger partial charge in [-0.25, -0.2) is 23.2 Å². The van der Waals surface area contributed by atoms with Crippen LogP contribution in [0.2, 0.25) is 5.02 Å². The van der Waals surface area contributed by atoms with Crippen LogP contribution in [0.3, 0.4) is 0 Å². The molecule has 1 amide bonds. The first-order valence-corrected chi connectivity index (χ1v) is 7.41. The molecule has 1 aliphatic heterocycles. The Morgan fingerprint density at radius 1 is 1.46 bits per heavy atom. The van der Waals surface area contributed by atoms with Gasteiger partial charge in [-0.2, -0.15) is 5.53 Å². The summed E-state index contributed by atoms with van der Waals surface area (Å²) in [7, 11) is 1.21. The Labute approximate surface area is 144 Å². The standard InChI is InChI=1S/C13H12Cl2F3N3O3/c1-20-10(11(17)18)12(22)21(19-20)9-3-5(2-7(15)13(23)24)6(14)4-8(9)16/h3-4,7,10-11,19H,2H2,1H3,(H,23,24)/t7-,10?/m0/s1. The number of hydrogen-bond donors (Lipinski definition) is 2. The fraction of sp³-hybridized carbons (Fsp3) is 0.385. The number of benzene rings is 1. The average molecular weight is 386 g/mol. The van der Waals surface area contributed by atoms with E-state index in [4.69, 9.17) is 28.3 Å². The molecule has 1 aliphatic rings. The largest absolute Gasteiger partial charge is 0.480 e. The zero-order chi connectivity index (χ0) is 18.2. The maximum absolute atomic E-state index is 14.1. The number of amides is 1. The van der Waals surface area contributed by atoms with Crippen LogP contribution >= 0.6 is 23.2 Å². The Bertz CT molecular complexity index is 677. The van der Waals surface area contributed by atoms with Crippen molar-refractivity contribution in [3.63, 3.8) is 0 Å². The molecule has 0 spiro atoms. The first-order valence-electron chi connectivity index (χ1n) is 6.59. The first-order chi connectivity index (χ1) is 11.1. The molecule has 1 aromatic carbocycles. The van der Waals surface area contributed by atoms with E-state index in [9.17, 15) is 22.8 Å². The summed E-state index contributed by atoms with van der Waals surface area (Å²) in [5.74, 6) is -3.29. The van der Waals surface area contributed by atoms with Crippen LogP contribution in [0.25, 0.3) is 0 Å². The van der Waals surface area contributed by atoms with Crippen LogP contribution in [0.4, 0.5) is 18.9 Å². The molecule has 24 heavy (non-hydrogen) atoms. The van der Waals surface area contributed by atoms with Crippen molar-refractivity contribution in [1.29, 1.82) is 0 Å². The maximum Gasteiger partial charge on any atom is 0.321 e. The molecule has 2 N–H and O–H groups in total. The van der Waals surface area contributed by atoms with Gasteiger partial charge in [0, 0.05) is 18.5 Å². The number of carboxylic acids is 1. The number of carbonyl (C=O) groups is 2. The number of nitrogens with zero attached hydrogens (tertiary/aromatic N) is 2. The van der Waals surface area contributed by atoms with Gasteiger partial charge in [0.2, 0.25) is 0 Å². The molecule has 0 aromatic heterocycles. The highest BCUT2D eigenvalue weighted by molar-refractivity contribution is 6.32. The zero-order valence-electron chi connectivity index (χ0n) is 12.1. The summed E-state index contributed by atoms with van der Waals surface area (Å²) in [6.07, 6.45) is -3.21. The molecule has 1 heterocycles. The number of aliphatic carboxylic acids is 1. The maximum atomic E-state index is 14.1. The van der Waals surface area contributed by atoms with Gasteiger partial charge in [0.25, 0.3) is 12.3 Å². The minimum absolute atomic E-state index is 0.0893. The average Bonchev–Trinajstić information content (AvgIpc) is 2.76. The molecule has 6 nitrogen and oxygen atoms in total. The van der Waals surface area contributed by atoms with E-state index in [2.05, 4.69) is 5.53 Å². The summed E-state index contributed by atoms with van der Waals surface area (Å²) in [4.78, 5) is 22.9. The third kappa shape index (κ3) is 3.59. The number of carboxylic acid groups (broad SMARTS) is 1. The summed E-state index contributed by atoms with van der Waals surface area (Å²) in [5.41, 5.74) is 2.12. The summed E-state index contributed by atoms with van der Waals surface area (Å²) in [6.45, 7) is 0. The van der Waals surface area contributed by atoms with Gasteiger partial charge < -0.3 is 5.11 Å². The Morgan fingerprint density at radius 2 is 2.08 bits per heavy atom. The Balaban J connectivity index is 2.37. The lowest BCUT2D eigenvalue weighted by atomic mass is 10.1. The SMILES string of the molecule is CN1NN(c2cc(C[C@H](Cl)C(=O)O)c(Cl)cc2F)C(=O)C1C(F)F. The zero-order valence-corrected chi connectivity index (χ0v) is 13.7. The fourth-order valence-corrected chi connectivity index (χ4v) is 2.60. The minimum atomic E-state index is -2.98. The monoisotopic (exact) mass is 385 g/mol. The first kappa shape index (κ1) is 18.8. The molecule has 1 aromatic rings. The molecule has 132 valence electrons. The van der Waals surface area contributed by atoms with Crippen LogP contribution in [0.5, 0.6) is 0 Å². The number of halogens is 5. The van der Waals surface area contributed by atoms with Crippen molar-refractivity contribution < 1.29 is 27.9 Å². The predicted molar refractivity (Wildman–Crippen MR) is 80.6 cm³/mol. The summed E-state index contributed by atoms with van der Waals surface area (Å²) in [6, 6.07) is 0.189. The molecule has 0 radical (unpaired) electrons. The lowest BCUT2D eigenvalue weighted by Gasteiger charge is -2.19.